The van der Waals surface area contributed by atoms with Gasteiger partial charge in [-0.3, -0.25) is 4.79 Å². The number of methoxy groups -OCH3 is 2. The molecule has 3 rings (SSSR count). The zero-order valence-electron chi connectivity index (χ0n) is 15.4. The maximum absolute atomic E-state index is 12.4. The van der Waals surface area contributed by atoms with E-state index in [4.69, 9.17) is 21.1 Å². The van der Waals surface area contributed by atoms with Crippen LogP contribution < -0.4 is 20.1 Å². The highest BCUT2D eigenvalue weighted by molar-refractivity contribution is 6.31. The summed E-state index contributed by atoms with van der Waals surface area (Å²) in [6.07, 6.45) is 0. The van der Waals surface area contributed by atoms with Crippen LogP contribution in [0.2, 0.25) is 5.02 Å². The molecule has 2 aromatic carbocycles. The Bertz CT molecular complexity index is 964. The maximum atomic E-state index is 12.4. The topological polar surface area (TPSA) is 85.4 Å². The quantitative estimate of drug-likeness (QED) is 0.625. The van der Waals surface area contributed by atoms with E-state index in [2.05, 4.69) is 20.8 Å². The maximum Gasteiger partial charge on any atom is 0.276 e. The van der Waals surface area contributed by atoms with E-state index in [0.29, 0.717) is 28.8 Å². The van der Waals surface area contributed by atoms with Gasteiger partial charge in [0.05, 0.1) is 19.9 Å². The van der Waals surface area contributed by atoms with Crippen molar-refractivity contribution >= 4 is 29.0 Å². The number of ether oxygens (including phenoxy) is 2. The summed E-state index contributed by atoms with van der Waals surface area (Å²) in [6.45, 7) is 0.518. The first kappa shape index (κ1) is 19.4. The molecule has 0 atom stereocenters. The molecule has 3 aromatic rings. The van der Waals surface area contributed by atoms with Gasteiger partial charge in [0.2, 0.25) is 0 Å². The normalized spacial score (nSPS) is 10.2. The second-order valence-electron chi connectivity index (χ2n) is 5.77. The highest BCUT2D eigenvalue weighted by Gasteiger charge is 2.12. The van der Waals surface area contributed by atoms with Crippen LogP contribution in [0.5, 0.6) is 11.5 Å². The fraction of sp³-hybridized carbons (Fsp3) is 0.150. The second kappa shape index (κ2) is 9.05. The van der Waals surface area contributed by atoms with Crippen molar-refractivity contribution in [1.29, 1.82) is 0 Å². The highest BCUT2D eigenvalue weighted by Crippen LogP contribution is 2.28. The Morgan fingerprint density at radius 2 is 1.79 bits per heavy atom. The first-order chi connectivity index (χ1) is 13.6. The van der Waals surface area contributed by atoms with Crippen LogP contribution in [0.25, 0.3) is 0 Å². The van der Waals surface area contributed by atoms with Crippen LogP contribution in [0.15, 0.2) is 54.6 Å². The van der Waals surface area contributed by atoms with Crippen molar-refractivity contribution in [2.24, 2.45) is 0 Å². The minimum absolute atomic E-state index is 0.171. The van der Waals surface area contributed by atoms with E-state index in [1.807, 2.05) is 24.3 Å². The Labute approximate surface area is 167 Å². The van der Waals surface area contributed by atoms with E-state index in [9.17, 15) is 4.79 Å². The lowest BCUT2D eigenvalue weighted by Crippen LogP contribution is -2.15. The molecule has 0 saturated carbocycles. The molecule has 0 fully saturated rings. The van der Waals surface area contributed by atoms with Crippen molar-refractivity contribution in [2.75, 3.05) is 24.9 Å². The summed E-state index contributed by atoms with van der Waals surface area (Å²) < 4.78 is 10.5. The molecule has 0 aliphatic rings. The molecule has 8 heteroatoms. The summed E-state index contributed by atoms with van der Waals surface area (Å²) in [4.78, 5) is 12.4. The van der Waals surface area contributed by atoms with E-state index in [0.717, 1.165) is 11.3 Å². The number of carbonyl (C=O) groups is 1. The standard InChI is InChI=1S/C20H19ClN4O3/c1-27-17-6-4-3-5-13(17)12-22-19-10-8-15(24-25-19)20(26)23-16-11-14(21)7-9-18(16)28-2/h3-11H,12H2,1-2H3,(H,22,25)(H,23,26). The van der Waals surface area contributed by atoms with E-state index < -0.39 is 5.91 Å². The number of rotatable bonds is 7. The zero-order chi connectivity index (χ0) is 19.9. The first-order valence-corrected chi connectivity index (χ1v) is 8.83. The number of para-hydroxylation sites is 1. The molecule has 0 bridgehead atoms. The molecule has 0 aliphatic carbocycles. The zero-order valence-corrected chi connectivity index (χ0v) is 16.2. The van der Waals surface area contributed by atoms with Crippen molar-refractivity contribution in [3.8, 4) is 11.5 Å². The molecule has 1 heterocycles. The van der Waals surface area contributed by atoms with Gasteiger partial charge in [-0.2, -0.15) is 0 Å². The number of nitrogens with one attached hydrogen (secondary N) is 2. The average molecular weight is 399 g/mol. The molecule has 2 N–H and O–H groups in total. The fourth-order valence-electron chi connectivity index (χ4n) is 2.55. The van der Waals surface area contributed by atoms with Gasteiger partial charge < -0.3 is 20.1 Å². The van der Waals surface area contributed by atoms with Crippen LogP contribution in [-0.2, 0) is 6.54 Å². The number of amides is 1. The van der Waals surface area contributed by atoms with Crippen LogP contribution in [0.3, 0.4) is 0 Å². The molecule has 0 spiro atoms. The van der Waals surface area contributed by atoms with Gasteiger partial charge in [0.25, 0.3) is 5.91 Å². The lowest BCUT2D eigenvalue weighted by atomic mass is 10.2. The number of carbonyl (C=O) groups excluding carboxylic acids is 1. The average Bonchev–Trinajstić information content (AvgIpc) is 2.73. The molecule has 144 valence electrons. The van der Waals surface area contributed by atoms with Gasteiger partial charge in [0, 0.05) is 17.1 Å². The summed E-state index contributed by atoms with van der Waals surface area (Å²) in [6, 6.07) is 15.9. The number of anilines is 2. The molecule has 1 amide bonds. The largest absolute Gasteiger partial charge is 0.496 e. The first-order valence-electron chi connectivity index (χ1n) is 8.45. The van der Waals surface area contributed by atoms with E-state index in [-0.39, 0.29) is 5.69 Å². The van der Waals surface area contributed by atoms with Gasteiger partial charge in [-0.05, 0) is 36.4 Å². The highest BCUT2D eigenvalue weighted by atomic mass is 35.5. The molecule has 0 radical (unpaired) electrons. The molecule has 0 aliphatic heterocycles. The van der Waals surface area contributed by atoms with Gasteiger partial charge in [-0.15, -0.1) is 10.2 Å². The minimum Gasteiger partial charge on any atom is -0.496 e. The number of hydrogen-bond acceptors (Lipinski definition) is 6. The number of nitrogens with zero attached hydrogens (tertiary/aromatic N) is 2. The van der Waals surface area contributed by atoms with Crippen molar-refractivity contribution in [3.63, 3.8) is 0 Å². The third kappa shape index (κ3) is 4.69. The van der Waals surface area contributed by atoms with Gasteiger partial charge in [-0.25, -0.2) is 0 Å². The fourth-order valence-corrected chi connectivity index (χ4v) is 2.72. The van der Waals surface area contributed by atoms with Crippen LogP contribution in [-0.4, -0.2) is 30.3 Å². The van der Waals surface area contributed by atoms with Gasteiger partial charge in [0.1, 0.15) is 17.3 Å². The Hall–Kier alpha value is -3.32. The predicted octanol–water partition coefficient (Wildman–Crippen LogP) is 4.01. The number of halogens is 1. The number of aromatic nitrogens is 2. The molecule has 0 saturated heterocycles. The molecule has 7 nitrogen and oxygen atoms in total. The molecular weight excluding hydrogens is 380 g/mol. The van der Waals surface area contributed by atoms with Crippen LogP contribution in [0.1, 0.15) is 16.1 Å². The van der Waals surface area contributed by atoms with Crippen molar-refractivity contribution in [1.82, 2.24) is 10.2 Å². The lowest BCUT2D eigenvalue weighted by Gasteiger charge is -2.11. The Morgan fingerprint density at radius 1 is 1.00 bits per heavy atom. The Kier molecular flexibility index (Phi) is 6.29. The molecule has 0 unspecified atom stereocenters. The van der Waals surface area contributed by atoms with Gasteiger partial charge >= 0.3 is 0 Å². The third-order valence-electron chi connectivity index (χ3n) is 3.96. The summed E-state index contributed by atoms with van der Waals surface area (Å²) in [7, 11) is 3.14. The summed E-state index contributed by atoms with van der Waals surface area (Å²) in [5, 5.41) is 14.4. The van der Waals surface area contributed by atoms with Crippen molar-refractivity contribution in [2.45, 2.75) is 6.54 Å². The van der Waals surface area contributed by atoms with Crippen LogP contribution >= 0.6 is 11.6 Å². The molecule has 1 aromatic heterocycles. The third-order valence-corrected chi connectivity index (χ3v) is 4.19. The second-order valence-corrected chi connectivity index (χ2v) is 6.20. The SMILES string of the molecule is COc1ccccc1CNc1ccc(C(=O)Nc2cc(Cl)ccc2OC)nn1. The summed E-state index contributed by atoms with van der Waals surface area (Å²) in [5.74, 6) is 1.42. The van der Waals surface area contributed by atoms with E-state index >= 15 is 0 Å². The van der Waals surface area contributed by atoms with E-state index in [1.165, 1.54) is 7.11 Å². The van der Waals surface area contributed by atoms with Gasteiger partial charge in [0.15, 0.2) is 5.69 Å². The Morgan fingerprint density at radius 3 is 2.50 bits per heavy atom. The lowest BCUT2D eigenvalue weighted by molar-refractivity contribution is 0.102. The monoisotopic (exact) mass is 398 g/mol. The number of hydrogen-bond donors (Lipinski definition) is 2. The van der Waals surface area contributed by atoms with Crippen molar-refractivity contribution < 1.29 is 14.3 Å². The summed E-state index contributed by atoms with van der Waals surface area (Å²) in [5.41, 5.74) is 1.62. The van der Waals surface area contributed by atoms with Crippen molar-refractivity contribution in [3.05, 3.63) is 70.9 Å². The Balaban J connectivity index is 1.65. The molecule has 28 heavy (non-hydrogen) atoms. The van der Waals surface area contributed by atoms with Crippen LogP contribution in [0.4, 0.5) is 11.5 Å². The molecular formula is C20H19ClN4O3. The minimum atomic E-state index is -0.413. The number of benzene rings is 2. The predicted molar refractivity (Wildman–Crippen MR) is 108 cm³/mol. The van der Waals surface area contributed by atoms with E-state index in [1.54, 1.807) is 37.4 Å². The smallest absolute Gasteiger partial charge is 0.276 e. The van der Waals surface area contributed by atoms with Gasteiger partial charge in [-0.1, -0.05) is 29.8 Å². The van der Waals surface area contributed by atoms with Crippen LogP contribution in [0, 0.1) is 0 Å². The summed E-state index contributed by atoms with van der Waals surface area (Å²) >= 11 is 5.98.